The summed E-state index contributed by atoms with van der Waals surface area (Å²) in [5, 5.41) is 8.93. The molecule has 102 valence electrons. The Bertz CT molecular complexity index is 547. The van der Waals surface area contributed by atoms with Gasteiger partial charge in [0.15, 0.2) is 17.5 Å². The highest BCUT2D eigenvalue weighted by molar-refractivity contribution is 5.97. The molecule has 0 spiro atoms. The van der Waals surface area contributed by atoms with Gasteiger partial charge in [-0.25, -0.2) is 18.0 Å². The fourth-order valence-electron chi connectivity index (χ4n) is 2.11. The summed E-state index contributed by atoms with van der Waals surface area (Å²) in [6, 6.07) is 0.394. The third kappa shape index (κ3) is 2.27. The molecule has 1 aliphatic rings. The molecule has 1 aliphatic heterocycles. The molecule has 1 heterocycles. The van der Waals surface area contributed by atoms with Gasteiger partial charge in [0.2, 0.25) is 0 Å². The van der Waals surface area contributed by atoms with Crippen molar-refractivity contribution in [1.29, 1.82) is 0 Å². The van der Waals surface area contributed by atoms with Crippen molar-refractivity contribution in [2.45, 2.75) is 18.9 Å². The minimum absolute atomic E-state index is 0.147. The summed E-state index contributed by atoms with van der Waals surface area (Å²) in [7, 11) is 0. The van der Waals surface area contributed by atoms with E-state index in [9.17, 15) is 22.8 Å². The van der Waals surface area contributed by atoms with Crippen LogP contribution in [0.3, 0.4) is 0 Å². The second-order valence-corrected chi connectivity index (χ2v) is 4.22. The topological polar surface area (TPSA) is 57.6 Å². The zero-order chi connectivity index (χ0) is 14.2. The van der Waals surface area contributed by atoms with E-state index >= 15 is 0 Å². The van der Waals surface area contributed by atoms with Crippen LogP contribution in [0.2, 0.25) is 0 Å². The van der Waals surface area contributed by atoms with Crippen LogP contribution in [-0.2, 0) is 4.79 Å². The monoisotopic (exact) mass is 273 g/mol. The summed E-state index contributed by atoms with van der Waals surface area (Å²) in [6.45, 7) is 0.147. The van der Waals surface area contributed by atoms with Crippen LogP contribution in [0.25, 0.3) is 0 Å². The molecule has 0 saturated carbocycles. The number of halogens is 3. The van der Waals surface area contributed by atoms with E-state index in [0.29, 0.717) is 12.5 Å². The number of rotatable bonds is 2. The first-order valence-corrected chi connectivity index (χ1v) is 5.60. The van der Waals surface area contributed by atoms with Crippen LogP contribution in [0.15, 0.2) is 12.1 Å². The summed E-state index contributed by atoms with van der Waals surface area (Å²) >= 11 is 0. The number of carbonyl (C=O) groups excluding carboxylic acids is 1. The third-order valence-corrected chi connectivity index (χ3v) is 3.06. The molecule has 0 unspecified atom stereocenters. The maximum absolute atomic E-state index is 13.5. The number of benzene rings is 1. The number of carboxylic acid groups (broad SMARTS) is 1. The van der Waals surface area contributed by atoms with Gasteiger partial charge in [0.1, 0.15) is 6.04 Å². The molecule has 19 heavy (non-hydrogen) atoms. The van der Waals surface area contributed by atoms with Gasteiger partial charge in [-0.2, -0.15) is 0 Å². The number of nitrogens with zero attached hydrogens (tertiary/aromatic N) is 1. The molecule has 1 atom stereocenters. The van der Waals surface area contributed by atoms with Crippen molar-refractivity contribution in [2.75, 3.05) is 6.54 Å². The first-order valence-electron chi connectivity index (χ1n) is 5.60. The van der Waals surface area contributed by atoms with E-state index in [1.54, 1.807) is 0 Å². The molecule has 7 heteroatoms. The van der Waals surface area contributed by atoms with E-state index in [0.717, 1.165) is 11.0 Å². The fraction of sp³-hybridized carbons (Fsp3) is 0.333. The predicted octanol–water partition coefficient (Wildman–Crippen LogP) is 1.79. The predicted molar refractivity (Wildman–Crippen MR) is 58.0 cm³/mol. The molecular formula is C12H10F3NO3. The number of hydrogen-bond acceptors (Lipinski definition) is 2. The lowest BCUT2D eigenvalue weighted by Crippen LogP contribution is -2.40. The van der Waals surface area contributed by atoms with Gasteiger partial charge in [-0.3, -0.25) is 4.79 Å². The Morgan fingerprint density at radius 3 is 2.53 bits per heavy atom. The van der Waals surface area contributed by atoms with Crippen molar-refractivity contribution < 1.29 is 27.9 Å². The zero-order valence-electron chi connectivity index (χ0n) is 9.70. The maximum atomic E-state index is 13.5. The van der Waals surface area contributed by atoms with Crippen LogP contribution < -0.4 is 0 Å². The van der Waals surface area contributed by atoms with E-state index in [4.69, 9.17) is 5.11 Å². The Hall–Kier alpha value is -2.05. The maximum Gasteiger partial charge on any atom is 0.326 e. The Balaban J connectivity index is 2.35. The SMILES string of the molecule is O=C(O)[C@H]1CCCN1C(=O)c1ccc(F)c(F)c1F. The molecule has 1 saturated heterocycles. The first-order chi connectivity index (χ1) is 8.93. The van der Waals surface area contributed by atoms with Gasteiger partial charge >= 0.3 is 5.97 Å². The smallest absolute Gasteiger partial charge is 0.326 e. The standard InChI is InChI=1S/C12H10F3NO3/c13-7-4-3-6(9(14)10(7)15)11(17)16-5-1-2-8(16)12(18)19/h3-4,8H,1-2,5H2,(H,18,19)/t8-/m1/s1. The lowest BCUT2D eigenvalue weighted by atomic mass is 10.1. The Morgan fingerprint density at radius 1 is 1.21 bits per heavy atom. The summed E-state index contributed by atoms with van der Waals surface area (Å²) in [6.07, 6.45) is 0.723. The second-order valence-electron chi connectivity index (χ2n) is 4.22. The van der Waals surface area contributed by atoms with Crippen LogP contribution in [-0.4, -0.2) is 34.5 Å². The fourth-order valence-corrected chi connectivity index (χ4v) is 2.11. The first kappa shape index (κ1) is 13.4. The summed E-state index contributed by atoms with van der Waals surface area (Å²) in [5.41, 5.74) is -0.660. The van der Waals surface area contributed by atoms with Crippen molar-refractivity contribution in [3.63, 3.8) is 0 Å². The summed E-state index contributed by atoms with van der Waals surface area (Å²) in [4.78, 5) is 23.9. The second kappa shape index (κ2) is 4.91. The number of amides is 1. The van der Waals surface area contributed by atoms with Crippen LogP contribution >= 0.6 is 0 Å². The minimum Gasteiger partial charge on any atom is -0.480 e. The van der Waals surface area contributed by atoms with E-state index < -0.39 is 40.9 Å². The van der Waals surface area contributed by atoms with Crippen molar-refractivity contribution in [1.82, 2.24) is 4.90 Å². The van der Waals surface area contributed by atoms with Crippen LogP contribution in [0.1, 0.15) is 23.2 Å². The number of carboxylic acids is 1. The minimum atomic E-state index is -1.74. The van der Waals surface area contributed by atoms with Crippen LogP contribution in [0.4, 0.5) is 13.2 Å². The number of carbonyl (C=O) groups is 2. The summed E-state index contributed by atoms with van der Waals surface area (Å²) in [5.74, 6) is -6.88. The molecule has 1 N–H and O–H groups in total. The summed E-state index contributed by atoms with van der Waals surface area (Å²) < 4.78 is 39.3. The van der Waals surface area contributed by atoms with Crippen molar-refractivity contribution in [3.8, 4) is 0 Å². The molecular weight excluding hydrogens is 263 g/mol. The Morgan fingerprint density at radius 2 is 1.89 bits per heavy atom. The number of likely N-dealkylation sites (tertiary alicyclic amines) is 1. The molecule has 1 amide bonds. The average molecular weight is 273 g/mol. The van der Waals surface area contributed by atoms with E-state index in [2.05, 4.69) is 0 Å². The Labute approximate surface area is 106 Å². The highest BCUT2D eigenvalue weighted by Gasteiger charge is 2.35. The van der Waals surface area contributed by atoms with Gasteiger partial charge in [-0.15, -0.1) is 0 Å². The normalized spacial score (nSPS) is 18.7. The van der Waals surface area contributed by atoms with Crippen molar-refractivity contribution in [2.24, 2.45) is 0 Å². The van der Waals surface area contributed by atoms with Crippen molar-refractivity contribution in [3.05, 3.63) is 35.1 Å². The quantitative estimate of drug-likeness (QED) is 0.836. The Kier molecular flexibility index (Phi) is 3.46. The number of aliphatic carboxylic acids is 1. The molecule has 0 aliphatic carbocycles. The van der Waals surface area contributed by atoms with Gasteiger partial charge < -0.3 is 10.0 Å². The molecule has 0 bridgehead atoms. The molecule has 2 rings (SSSR count). The molecule has 1 aromatic rings. The van der Waals surface area contributed by atoms with Crippen LogP contribution in [0, 0.1) is 17.5 Å². The van der Waals surface area contributed by atoms with E-state index in [-0.39, 0.29) is 13.0 Å². The van der Waals surface area contributed by atoms with Gasteiger partial charge in [0, 0.05) is 6.54 Å². The average Bonchev–Trinajstić information content (AvgIpc) is 2.84. The molecule has 1 fully saturated rings. The molecule has 4 nitrogen and oxygen atoms in total. The highest BCUT2D eigenvalue weighted by atomic mass is 19.2. The van der Waals surface area contributed by atoms with Gasteiger partial charge in [0.05, 0.1) is 5.56 Å². The van der Waals surface area contributed by atoms with Crippen LogP contribution in [0.5, 0.6) is 0 Å². The molecule has 0 aromatic heterocycles. The highest BCUT2D eigenvalue weighted by Crippen LogP contribution is 2.23. The molecule has 1 aromatic carbocycles. The largest absolute Gasteiger partial charge is 0.480 e. The lowest BCUT2D eigenvalue weighted by molar-refractivity contribution is -0.141. The third-order valence-electron chi connectivity index (χ3n) is 3.06. The van der Waals surface area contributed by atoms with Gasteiger partial charge in [-0.05, 0) is 25.0 Å². The van der Waals surface area contributed by atoms with Crippen molar-refractivity contribution >= 4 is 11.9 Å². The lowest BCUT2D eigenvalue weighted by Gasteiger charge is -2.21. The van der Waals surface area contributed by atoms with Gasteiger partial charge in [0.25, 0.3) is 5.91 Å². The van der Waals surface area contributed by atoms with E-state index in [1.807, 2.05) is 0 Å². The number of hydrogen-bond donors (Lipinski definition) is 1. The molecule has 0 radical (unpaired) electrons. The van der Waals surface area contributed by atoms with Gasteiger partial charge in [-0.1, -0.05) is 0 Å². The van der Waals surface area contributed by atoms with E-state index in [1.165, 1.54) is 0 Å². The zero-order valence-corrected chi connectivity index (χ0v) is 9.70.